The first-order chi connectivity index (χ1) is 19.6. The SMILES string of the molecule is C=CCOC(=O)C1=C(S[C@H]2C[C@@H](CCn3cc[n+](CC(N)=O)c3)N(C(=O)OCC=C)C2)[C@H](C)[C@@H]2[C@@H]([C@@H](C)O)C(=O)N12. The molecule has 2 saturated heterocycles. The number of aliphatic hydroxyl groups excluding tert-OH is 1. The summed E-state index contributed by atoms with van der Waals surface area (Å²) in [5.74, 6) is -2.12. The molecule has 0 saturated carbocycles. The van der Waals surface area contributed by atoms with Crippen LogP contribution in [0.5, 0.6) is 0 Å². The van der Waals surface area contributed by atoms with Gasteiger partial charge in [0, 0.05) is 35.1 Å². The molecule has 1 aromatic rings. The number of aryl methyl sites for hydroxylation is 1. The van der Waals surface area contributed by atoms with Crippen LogP contribution in [-0.2, 0) is 36.9 Å². The zero-order valence-corrected chi connectivity index (χ0v) is 24.2. The van der Waals surface area contributed by atoms with Crippen LogP contribution in [0.15, 0.2) is 54.6 Å². The first-order valence-corrected chi connectivity index (χ1v) is 14.5. The number of rotatable bonds is 13. The number of β-lactam (4-membered cyclic amide) rings is 1. The standard InChI is InChI=1S/C28H37N5O7S/c1-5-11-39-27(37)24-25(17(3)23-22(18(4)34)26(36)33(23)24)41-20-13-19(32(14-20)28(38)40-12-6-2)7-8-30-9-10-31(16-30)15-21(29)35/h5-6,9-10,16-20,22-23,34H,1-2,7-8,11-15H2,3-4H3,(H-,29,35)/p+1/t17-,18-,19-,20+,22-,23-/m1/s1. The second-order valence-corrected chi connectivity index (χ2v) is 11.9. The van der Waals surface area contributed by atoms with E-state index in [1.807, 2.05) is 17.7 Å². The number of fused-ring (bicyclic) bond motifs is 1. The summed E-state index contributed by atoms with van der Waals surface area (Å²) in [5.41, 5.74) is 5.50. The highest BCUT2D eigenvalue weighted by molar-refractivity contribution is 8.03. The maximum absolute atomic E-state index is 13.1. The maximum Gasteiger partial charge on any atom is 0.410 e. The number of esters is 1. The zero-order chi connectivity index (χ0) is 29.8. The van der Waals surface area contributed by atoms with Gasteiger partial charge in [-0.2, -0.15) is 0 Å². The summed E-state index contributed by atoms with van der Waals surface area (Å²) in [7, 11) is 0. The lowest BCUT2D eigenvalue weighted by Gasteiger charge is -2.46. The number of hydrogen-bond acceptors (Lipinski definition) is 8. The summed E-state index contributed by atoms with van der Waals surface area (Å²) in [6, 6.07) is -0.475. The summed E-state index contributed by atoms with van der Waals surface area (Å²) in [6.45, 7) is 11.9. The molecule has 1 aromatic heterocycles. The fraction of sp³-hybridized carbons (Fsp3) is 0.536. The van der Waals surface area contributed by atoms with Crippen LogP contribution in [0.25, 0.3) is 0 Å². The number of primary amides is 1. The third-order valence-electron chi connectivity index (χ3n) is 7.67. The molecule has 4 rings (SSSR count). The molecule has 4 heterocycles. The van der Waals surface area contributed by atoms with Crippen LogP contribution in [0.1, 0.15) is 26.7 Å². The Morgan fingerprint density at radius 3 is 2.63 bits per heavy atom. The Kier molecular flexibility index (Phi) is 9.59. The molecule has 3 amide bonds. The number of nitrogens with two attached hydrogens (primary N) is 1. The first-order valence-electron chi connectivity index (χ1n) is 13.6. The van der Waals surface area contributed by atoms with Gasteiger partial charge in [-0.15, -0.1) is 11.8 Å². The third kappa shape index (κ3) is 6.35. The van der Waals surface area contributed by atoms with Gasteiger partial charge in [0.2, 0.25) is 12.2 Å². The molecule has 3 N–H and O–H groups in total. The number of aromatic nitrogens is 2. The minimum Gasteiger partial charge on any atom is -0.457 e. The number of ether oxygens (including phenoxy) is 2. The summed E-state index contributed by atoms with van der Waals surface area (Å²) < 4.78 is 14.3. The molecule has 0 aromatic carbocycles. The van der Waals surface area contributed by atoms with Gasteiger partial charge in [-0.3, -0.25) is 9.59 Å². The van der Waals surface area contributed by atoms with Crippen LogP contribution in [-0.4, -0.2) is 86.5 Å². The van der Waals surface area contributed by atoms with Crippen molar-refractivity contribution in [1.82, 2.24) is 14.4 Å². The summed E-state index contributed by atoms with van der Waals surface area (Å²) in [5, 5.41) is 10.2. The van der Waals surface area contributed by atoms with Crippen LogP contribution >= 0.6 is 11.8 Å². The molecule has 12 nitrogen and oxygen atoms in total. The largest absolute Gasteiger partial charge is 0.457 e. The van der Waals surface area contributed by atoms with Crippen molar-refractivity contribution in [3.8, 4) is 0 Å². The van der Waals surface area contributed by atoms with E-state index in [9.17, 15) is 24.3 Å². The van der Waals surface area contributed by atoms with Gasteiger partial charge in [-0.25, -0.2) is 18.7 Å². The van der Waals surface area contributed by atoms with Crippen molar-refractivity contribution in [3.05, 3.63) is 54.6 Å². The van der Waals surface area contributed by atoms with Crippen LogP contribution in [0.2, 0.25) is 0 Å². The van der Waals surface area contributed by atoms with Crippen molar-refractivity contribution in [1.29, 1.82) is 0 Å². The number of imidazole rings is 1. The number of aliphatic hydroxyl groups is 1. The van der Waals surface area contributed by atoms with Gasteiger partial charge in [0.1, 0.15) is 31.3 Å². The lowest BCUT2D eigenvalue weighted by molar-refractivity contribution is -0.683. The van der Waals surface area contributed by atoms with Gasteiger partial charge in [0.15, 0.2) is 6.54 Å². The van der Waals surface area contributed by atoms with E-state index in [2.05, 4.69) is 13.2 Å². The van der Waals surface area contributed by atoms with E-state index in [-0.39, 0.29) is 54.6 Å². The molecular formula is C28H38N5O7S+. The monoisotopic (exact) mass is 588 g/mol. The Bertz CT molecular complexity index is 1240. The molecule has 0 unspecified atom stereocenters. The molecule has 3 aliphatic heterocycles. The lowest BCUT2D eigenvalue weighted by Crippen LogP contribution is -2.63. The lowest BCUT2D eigenvalue weighted by atomic mass is 9.79. The molecular weight excluding hydrogens is 550 g/mol. The number of amides is 3. The molecule has 0 aliphatic carbocycles. The minimum absolute atomic E-state index is 0.00838. The first kappa shape index (κ1) is 30.4. The molecule has 6 atom stereocenters. The van der Waals surface area contributed by atoms with Gasteiger partial charge in [0.25, 0.3) is 5.91 Å². The average Bonchev–Trinajstić information content (AvgIpc) is 3.60. The summed E-state index contributed by atoms with van der Waals surface area (Å²) in [4.78, 5) is 54.2. The average molecular weight is 589 g/mol. The smallest absolute Gasteiger partial charge is 0.410 e. The number of thioether (sulfide) groups is 1. The van der Waals surface area contributed by atoms with Gasteiger partial charge in [-0.05, 0) is 13.3 Å². The molecule has 41 heavy (non-hydrogen) atoms. The van der Waals surface area contributed by atoms with E-state index in [0.29, 0.717) is 25.9 Å². The van der Waals surface area contributed by atoms with Crippen LogP contribution in [0.4, 0.5) is 4.79 Å². The fourth-order valence-electron chi connectivity index (χ4n) is 5.86. The number of hydrogen-bond donors (Lipinski definition) is 2. The van der Waals surface area contributed by atoms with Gasteiger partial charge >= 0.3 is 12.1 Å². The number of carbonyl (C=O) groups is 4. The van der Waals surface area contributed by atoms with E-state index in [4.69, 9.17) is 15.2 Å². The summed E-state index contributed by atoms with van der Waals surface area (Å²) >= 11 is 1.48. The summed E-state index contributed by atoms with van der Waals surface area (Å²) in [6.07, 6.45) is 8.36. The molecule has 3 aliphatic rings. The predicted molar refractivity (Wildman–Crippen MR) is 150 cm³/mol. The Balaban J connectivity index is 1.53. The van der Waals surface area contributed by atoms with E-state index < -0.39 is 30.0 Å². The highest BCUT2D eigenvalue weighted by Crippen LogP contribution is 2.52. The molecule has 0 radical (unpaired) electrons. The molecule has 222 valence electrons. The highest BCUT2D eigenvalue weighted by atomic mass is 32.2. The van der Waals surface area contributed by atoms with Crippen molar-refractivity contribution in [2.75, 3.05) is 19.8 Å². The maximum atomic E-state index is 13.1. The van der Waals surface area contributed by atoms with E-state index in [0.717, 1.165) is 4.91 Å². The van der Waals surface area contributed by atoms with E-state index >= 15 is 0 Å². The normalized spacial score (nSPS) is 25.9. The molecule has 0 spiro atoms. The molecule has 0 bridgehead atoms. The van der Waals surface area contributed by atoms with Crippen molar-refractivity contribution in [2.24, 2.45) is 17.6 Å². The third-order valence-corrected chi connectivity index (χ3v) is 9.16. The number of carbonyl (C=O) groups excluding carboxylic acids is 4. The molecule has 2 fully saturated rings. The fourth-order valence-corrected chi connectivity index (χ4v) is 7.42. The van der Waals surface area contributed by atoms with Crippen LogP contribution < -0.4 is 10.3 Å². The predicted octanol–water partition coefficient (Wildman–Crippen LogP) is 0.948. The second kappa shape index (κ2) is 12.9. The Morgan fingerprint density at radius 1 is 1.27 bits per heavy atom. The second-order valence-electron chi connectivity index (χ2n) is 10.6. The quantitative estimate of drug-likeness (QED) is 0.150. The van der Waals surface area contributed by atoms with Crippen molar-refractivity contribution < 1.29 is 38.3 Å². The molecule has 13 heteroatoms. The zero-order valence-electron chi connectivity index (χ0n) is 23.4. The number of likely N-dealkylation sites (tertiary alicyclic amines) is 1. The van der Waals surface area contributed by atoms with Crippen LogP contribution in [0, 0.1) is 11.8 Å². The number of nitrogens with zero attached hydrogens (tertiary/aromatic N) is 4. The van der Waals surface area contributed by atoms with E-state index in [1.54, 1.807) is 28.9 Å². The van der Waals surface area contributed by atoms with Crippen molar-refractivity contribution >= 4 is 35.6 Å². The Labute approximate surface area is 243 Å². The Hall–Kier alpha value is -3.58. The van der Waals surface area contributed by atoms with Gasteiger partial charge in [0.05, 0.1) is 24.6 Å². The van der Waals surface area contributed by atoms with Crippen molar-refractivity contribution in [2.45, 2.75) is 63.2 Å². The van der Waals surface area contributed by atoms with Gasteiger partial charge < -0.3 is 30.1 Å². The highest BCUT2D eigenvalue weighted by Gasteiger charge is 2.60. The minimum atomic E-state index is -0.845. The Morgan fingerprint density at radius 2 is 1.98 bits per heavy atom. The van der Waals surface area contributed by atoms with Gasteiger partial charge in [-0.1, -0.05) is 32.2 Å². The van der Waals surface area contributed by atoms with Crippen LogP contribution in [0.3, 0.4) is 0 Å². The van der Waals surface area contributed by atoms with E-state index in [1.165, 1.54) is 28.8 Å². The topological polar surface area (TPSA) is 148 Å². The van der Waals surface area contributed by atoms with Crippen molar-refractivity contribution in [3.63, 3.8) is 0 Å².